The Morgan fingerprint density at radius 2 is 0.890 bits per heavy atom. The van der Waals surface area contributed by atoms with E-state index in [1.54, 1.807) is 6.21 Å². The first-order valence-corrected chi connectivity index (χ1v) is 49.3. The van der Waals surface area contributed by atoms with Crippen LogP contribution in [0.1, 0.15) is 458 Å². The van der Waals surface area contributed by atoms with E-state index in [1.165, 1.54) is 302 Å². The maximum atomic E-state index is 11.8. The van der Waals surface area contributed by atoms with Crippen LogP contribution < -0.4 is 0 Å². The second-order valence-electron chi connectivity index (χ2n) is 43.9. The van der Waals surface area contributed by atoms with Gasteiger partial charge in [-0.1, -0.05) is 290 Å². The SMILES string of the molecule is CC(C)CCCC=C1CC[C@H]2[C@@H](C)CCC[C@]12C.CC(C)CCCC[C@H]1CC[C@@H]2[C@@H]1CCC[C@@H]2O.CC(C)CCCC[C@H]1CC[C@H]2C(=O)CCC[C@H]12.CC(C)CCCC[C@H]1CC[C@H]2[C@@H](C)CCC[C@]12C.CC(C)CCCC[C@H]1CC[C@H]2[C@@H](C)CCC[C@]12C#N.CC(C)CCCC[C@H]1CC[C@H]2[C@@H](O)CCC[C@]12/C=N/O. The molecule has 22 atom stereocenters. The third kappa shape index (κ3) is 27.4. The van der Waals surface area contributed by atoms with Crippen LogP contribution in [-0.2, 0) is 4.79 Å². The molecule has 0 heterocycles. The number of oxime groups is 1. The minimum Gasteiger partial charge on any atom is -0.411 e. The molecule has 12 rings (SSSR count). The molecule has 109 heavy (non-hydrogen) atoms. The number of unbranched alkanes of at least 4 members (excludes halogenated alkanes) is 6. The van der Waals surface area contributed by atoms with Crippen LogP contribution in [0.5, 0.6) is 0 Å². The molecular formula is C103H186N2O4. The van der Waals surface area contributed by atoms with Crippen molar-refractivity contribution in [3.8, 4) is 6.07 Å². The summed E-state index contributed by atoms with van der Waals surface area (Å²) < 4.78 is 0. The van der Waals surface area contributed by atoms with E-state index in [0.717, 1.165) is 139 Å². The maximum absolute atomic E-state index is 11.8. The van der Waals surface area contributed by atoms with E-state index >= 15 is 0 Å². The van der Waals surface area contributed by atoms with E-state index in [4.69, 9.17) is 5.21 Å². The summed E-state index contributed by atoms with van der Waals surface area (Å²) in [7, 11) is 0. The Morgan fingerprint density at radius 3 is 1.49 bits per heavy atom. The number of hydrogen-bond acceptors (Lipinski definition) is 6. The molecular weight excluding hydrogens is 1330 g/mol. The molecule has 0 spiro atoms. The Bertz CT molecular complexity index is 2590. The average molecular weight is 1520 g/mol. The van der Waals surface area contributed by atoms with Crippen LogP contribution in [0.25, 0.3) is 0 Å². The van der Waals surface area contributed by atoms with Gasteiger partial charge in [-0.15, -0.1) is 5.16 Å². The molecule has 0 aromatic carbocycles. The Balaban J connectivity index is 0.000000182. The van der Waals surface area contributed by atoms with Crippen molar-refractivity contribution >= 4 is 12.0 Å². The molecule has 0 bridgehead atoms. The standard InChI is InChI=1S/C18H31N.C18H34.C18H32.C17H31NO2.C16H30O.C16H28O/c1-14(2)7-4-5-9-16-10-11-17-15(3)8-6-12-18(16,17)13-19;2*1-14(2)8-5-6-10-16-11-12-17-15(3)9-7-13-18(16,17)4;1-13(2)6-3-4-7-14-9-10-15-16(19)8-5-11-17(14,15)12-18-20;2*1-12(2)6-3-4-7-13-10-11-15-14(13)8-5-9-16(15)17/h14-17H,4-12H2,1-3H3;14-17H,5-13H2,1-4H3;10,14-15,17H,5-9,11-13H2,1-4H3;12-16,19-20H,3-11H2,1-2H3;12-17H,3-11H2,1-2H3;12-15H,3-11H2,1-2H3/b;;;18-12+;;/t15-,16-,17-,18-;15-,16-,17-,18+;15-,17-,18+;14-,15-,16-,17-;13-,14+,15+,16-;13-,14+,15+/m000000/s1. The number of Topliss-reactive ketones (excluding diaryl/α,β-unsaturated/α-hetero) is 1. The Hall–Kier alpha value is -1.71. The third-order valence-corrected chi connectivity index (χ3v) is 33.7. The topological polar surface area (TPSA) is 114 Å². The van der Waals surface area contributed by atoms with Crippen LogP contribution in [0.2, 0.25) is 0 Å². The van der Waals surface area contributed by atoms with Gasteiger partial charge >= 0.3 is 0 Å². The summed E-state index contributed by atoms with van der Waals surface area (Å²) in [5.41, 5.74) is 3.16. The molecule has 3 N–H and O–H groups in total. The van der Waals surface area contributed by atoms with Crippen LogP contribution in [0.4, 0.5) is 0 Å². The van der Waals surface area contributed by atoms with Gasteiger partial charge in [-0.2, -0.15) is 5.26 Å². The summed E-state index contributed by atoms with van der Waals surface area (Å²) >= 11 is 0. The van der Waals surface area contributed by atoms with E-state index in [1.807, 2.05) is 5.57 Å². The van der Waals surface area contributed by atoms with Crippen LogP contribution in [0, 0.1) is 163 Å². The fourth-order valence-corrected chi connectivity index (χ4v) is 27.4. The predicted molar refractivity (Wildman–Crippen MR) is 469 cm³/mol. The highest BCUT2D eigenvalue weighted by atomic mass is 16.4. The van der Waals surface area contributed by atoms with Gasteiger partial charge in [0.1, 0.15) is 5.78 Å². The Labute approximate surface area is 678 Å². The quantitative estimate of drug-likeness (QED) is 0.0218. The van der Waals surface area contributed by atoms with Gasteiger partial charge in [-0.25, -0.2) is 0 Å². The third-order valence-electron chi connectivity index (χ3n) is 33.7. The fraction of sp³-hybridized carbons (Fsp3) is 0.951. The fourth-order valence-electron chi connectivity index (χ4n) is 27.4. The number of aliphatic hydroxyl groups excluding tert-OH is 2. The summed E-state index contributed by atoms with van der Waals surface area (Å²) in [5, 5.41) is 42.7. The average Bonchev–Trinajstić information content (AvgIpc) is 1.63. The highest BCUT2D eigenvalue weighted by Gasteiger charge is 2.55. The van der Waals surface area contributed by atoms with Crippen LogP contribution in [0.15, 0.2) is 16.8 Å². The Morgan fingerprint density at radius 1 is 0.422 bits per heavy atom. The van der Waals surface area contributed by atoms with E-state index < -0.39 is 0 Å². The van der Waals surface area contributed by atoms with Gasteiger partial charge in [0.15, 0.2) is 0 Å². The van der Waals surface area contributed by atoms with Gasteiger partial charge in [0.25, 0.3) is 0 Å². The number of fused-ring (bicyclic) bond motifs is 6. The number of allylic oxidation sites excluding steroid dienone is 2. The highest BCUT2D eigenvalue weighted by molar-refractivity contribution is 5.82. The number of aliphatic hydroxyl groups is 2. The summed E-state index contributed by atoms with van der Waals surface area (Å²) in [6, 6.07) is 2.81. The van der Waals surface area contributed by atoms with Crippen LogP contribution in [0.3, 0.4) is 0 Å². The van der Waals surface area contributed by atoms with Crippen molar-refractivity contribution < 1.29 is 20.2 Å². The first-order chi connectivity index (χ1) is 52.1. The van der Waals surface area contributed by atoms with Crippen molar-refractivity contribution in [1.82, 2.24) is 0 Å². The van der Waals surface area contributed by atoms with Gasteiger partial charge in [0.05, 0.1) is 29.9 Å². The number of nitriles is 1. The molecule has 0 radical (unpaired) electrons. The smallest absolute Gasteiger partial charge is 0.136 e. The highest BCUT2D eigenvalue weighted by Crippen LogP contribution is 2.62. The molecule has 12 fully saturated rings. The first kappa shape index (κ1) is 94.4. The van der Waals surface area contributed by atoms with Gasteiger partial charge in [0.2, 0.25) is 0 Å². The number of rotatable bonds is 30. The molecule has 6 nitrogen and oxygen atoms in total. The lowest BCUT2D eigenvalue weighted by atomic mass is 9.61. The lowest BCUT2D eigenvalue weighted by Gasteiger charge is -2.44. The molecule has 0 unspecified atom stereocenters. The number of carbonyl (C=O) groups excluding carboxylic acids is 1. The summed E-state index contributed by atoms with van der Waals surface area (Å²) in [4.78, 5) is 11.8. The van der Waals surface area contributed by atoms with Crippen molar-refractivity contribution in [3.05, 3.63) is 11.6 Å². The van der Waals surface area contributed by atoms with Gasteiger partial charge < -0.3 is 15.4 Å². The monoisotopic (exact) mass is 1520 g/mol. The summed E-state index contributed by atoms with van der Waals surface area (Å²) in [5.74, 6) is 18.5. The second-order valence-corrected chi connectivity index (χ2v) is 43.9. The van der Waals surface area contributed by atoms with E-state index in [9.17, 15) is 20.3 Å². The van der Waals surface area contributed by atoms with E-state index in [0.29, 0.717) is 46.7 Å². The zero-order chi connectivity index (χ0) is 79.3. The Kier molecular flexibility index (Phi) is 41.3. The summed E-state index contributed by atoms with van der Waals surface area (Å²) in [6.45, 7) is 40.4. The van der Waals surface area contributed by atoms with Crippen molar-refractivity contribution in [2.24, 2.45) is 157 Å². The molecule has 12 aliphatic rings. The maximum Gasteiger partial charge on any atom is 0.136 e. The van der Waals surface area contributed by atoms with Gasteiger partial charge in [-0.3, -0.25) is 4.79 Å². The predicted octanol–water partition coefficient (Wildman–Crippen LogP) is 30.8. The first-order valence-electron chi connectivity index (χ1n) is 49.3. The minimum atomic E-state index is -0.192. The number of ketones is 1. The molecule has 0 amide bonds. The van der Waals surface area contributed by atoms with E-state index in [-0.39, 0.29) is 23.0 Å². The molecule has 0 aromatic heterocycles. The molecule has 632 valence electrons. The zero-order valence-electron chi connectivity index (χ0n) is 75.6. The van der Waals surface area contributed by atoms with Crippen LogP contribution >= 0.6 is 0 Å². The number of nitrogens with zero attached hydrogens (tertiary/aromatic N) is 2. The molecule has 0 saturated heterocycles. The van der Waals surface area contributed by atoms with Gasteiger partial charge in [-0.05, 0) is 308 Å². The lowest BCUT2D eigenvalue weighted by Crippen LogP contribution is -2.43. The van der Waals surface area contributed by atoms with Crippen LogP contribution in [-0.4, -0.2) is 39.6 Å². The molecule has 12 aliphatic carbocycles. The number of hydrogen-bond donors (Lipinski definition) is 3. The second kappa shape index (κ2) is 47.6. The summed E-state index contributed by atoms with van der Waals surface area (Å²) in [6.07, 6.45) is 75.0. The van der Waals surface area contributed by atoms with Crippen molar-refractivity contribution in [1.29, 1.82) is 5.26 Å². The largest absolute Gasteiger partial charge is 0.411 e. The van der Waals surface area contributed by atoms with E-state index in [2.05, 4.69) is 135 Å². The number of carbonyl (C=O) groups is 1. The minimum absolute atomic E-state index is 0.0236. The van der Waals surface area contributed by atoms with Crippen molar-refractivity contribution in [2.75, 3.05) is 0 Å². The van der Waals surface area contributed by atoms with Crippen molar-refractivity contribution in [3.63, 3.8) is 0 Å². The molecule has 12 saturated carbocycles. The molecule has 0 aliphatic heterocycles. The van der Waals surface area contributed by atoms with Gasteiger partial charge in [0, 0.05) is 17.8 Å². The normalized spacial score (nSPS) is 37.5. The lowest BCUT2D eigenvalue weighted by molar-refractivity contribution is -0.126. The zero-order valence-corrected chi connectivity index (χ0v) is 75.6. The molecule has 6 heteroatoms. The van der Waals surface area contributed by atoms with Crippen molar-refractivity contribution in [2.45, 2.75) is 470 Å². The molecule has 0 aromatic rings.